The van der Waals surface area contributed by atoms with Gasteiger partial charge in [0.05, 0.1) is 12.6 Å². The van der Waals surface area contributed by atoms with E-state index in [9.17, 15) is 0 Å². The largest absolute Gasteiger partial charge is 0.489 e. The molecular formula is C19H31ClIN3O3. The fourth-order valence-electron chi connectivity index (χ4n) is 2.62. The first-order chi connectivity index (χ1) is 12.7. The second-order valence-corrected chi connectivity index (χ2v) is 6.73. The number of guanidine groups is 1. The minimum Gasteiger partial charge on any atom is -0.489 e. The molecule has 2 N–H and O–H groups in total. The number of nitrogens with zero attached hydrogens (tertiary/aromatic N) is 1. The lowest BCUT2D eigenvalue weighted by molar-refractivity contribution is -0.0320. The highest BCUT2D eigenvalue weighted by molar-refractivity contribution is 14.0. The topological polar surface area (TPSA) is 64.1 Å². The van der Waals surface area contributed by atoms with Gasteiger partial charge in [-0.1, -0.05) is 11.6 Å². The maximum Gasteiger partial charge on any atom is 0.191 e. The van der Waals surface area contributed by atoms with Gasteiger partial charge >= 0.3 is 0 Å². The third-order valence-corrected chi connectivity index (χ3v) is 4.32. The van der Waals surface area contributed by atoms with Crippen molar-refractivity contribution in [3.05, 3.63) is 29.3 Å². The lowest BCUT2D eigenvalue weighted by Gasteiger charge is -2.22. The third kappa shape index (κ3) is 10.4. The van der Waals surface area contributed by atoms with Crippen LogP contribution in [-0.2, 0) is 9.47 Å². The molecular weight excluding hydrogens is 481 g/mol. The third-order valence-electron chi connectivity index (χ3n) is 4.07. The van der Waals surface area contributed by atoms with Gasteiger partial charge in [0, 0.05) is 38.4 Å². The second kappa shape index (κ2) is 14.3. The van der Waals surface area contributed by atoms with E-state index in [1.54, 1.807) is 7.05 Å². The molecule has 0 aliphatic carbocycles. The lowest BCUT2D eigenvalue weighted by atomic mass is 10.1. The second-order valence-electron chi connectivity index (χ2n) is 6.30. The van der Waals surface area contributed by atoms with Crippen LogP contribution in [0.3, 0.4) is 0 Å². The number of benzene rings is 1. The van der Waals surface area contributed by atoms with Crippen molar-refractivity contribution < 1.29 is 14.2 Å². The number of rotatable bonds is 9. The summed E-state index contributed by atoms with van der Waals surface area (Å²) >= 11 is 5.88. The predicted octanol–water partition coefficient (Wildman–Crippen LogP) is 3.48. The molecule has 1 unspecified atom stereocenters. The number of halogens is 2. The van der Waals surface area contributed by atoms with Crippen molar-refractivity contribution in [1.29, 1.82) is 0 Å². The number of nitrogens with one attached hydrogen (secondary N) is 2. The summed E-state index contributed by atoms with van der Waals surface area (Å²) in [6.45, 7) is 5.86. The van der Waals surface area contributed by atoms with Gasteiger partial charge in [0.15, 0.2) is 5.96 Å². The van der Waals surface area contributed by atoms with Crippen molar-refractivity contribution in [2.45, 2.75) is 38.4 Å². The molecule has 0 amide bonds. The fourth-order valence-corrected chi connectivity index (χ4v) is 2.75. The zero-order valence-corrected chi connectivity index (χ0v) is 19.2. The molecule has 1 aromatic carbocycles. The maximum atomic E-state index is 5.88. The van der Waals surface area contributed by atoms with Gasteiger partial charge in [-0.3, -0.25) is 4.99 Å². The summed E-state index contributed by atoms with van der Waals surface area (Å²) in [5.41, 5.74) is 0. The monoisotopic (exact) mass is 511 g/mol. The molecule has 27 heavy (non-hydrogen) atoms. The van der Waals surface area contributed by atoms with E-state index in [-0.39, 0.29) is 30.1 Å². The normalized spacial score (nSPS) is 16.3. The van der Waals surface area contributed by atoms with Gasteiger partial charge in [-0.15, -0.1) is 24.0 Å². The van der Waals surface area contributed by atoms with E-state index in [1.807, 2.05) is 31.2 Å². The smallest absolute Gasteiger partial charge is 0.191 e. The van der Waals surface area contributed by atoms with Crippen molar-refractivity contribution in [3.63, 3.8) is 0 Å². The number of hydrogen-bond donors (Lipinski definition) is 2. The van der Waals surface area contributed by atoms with Crippen LogP contribution in [0.15, 0.2) is 29.3 Å². The molecule has 1 fully saturated rings. The highest BCUT2D eigenvalue weighted by Gasteiger charge is 2.13. The van der Waals surface area contributed by atoms with E-state index in [0.717, 1.165) is 57.3 Å². The van der Waals surface area contributed by atoms with Crippen LogP contribution < -0.4 is 15.4 Å². The van der Waals surface area contributed by atoms with Gasteiger partial charge in [0.1, 0.15) is 11.9 Å². The van der Waals surface area contributed by atoms with Crippen LogP contribution in [0, 0.1) is 0 Å². The van der Waals surface area contributed by atoms with E-state index >= 15 is 0 Å². The molecule has 1 atom stereocenters. The summed E-state index contributed by atoms with van der Waals surface area (Å²) in [4.78, 5) is 4.23. The van der Waals surface area contributed by atoms with Crippen LogP contribution in [0.25, 0.3) is 0 Å². The molecule has 1 saturated heterocycles. The van der Waals surface area contributed by atoms with E-state index in [4.69, 9.17) is 25.8 Å². The standard InChI is InChI=1S/C19H30ClN3O3.HI/c1-15(26-18-6-4-16(20)5-7-18)14-23-19(21-2)22-10-3-11-25-17-8-12-24-13-9-17;/h4-7,15,17H,3,8-14H2,1-2H3,(H2,21,22,23);1H. The number of hydrogen-bond acceptors (Lipinski definition) is 4. The summed E-state index contributed by atoms with van der Waals surface area (Å²) < 4.78 is 17.0. The van der Waals surface area contributed by atoms with Crippen LogP contribution in [0.1, 0.15) is 26.2 Å². The Morgan fingerprint density at radius 3 is 2.63 bits per heavy atom. The first-order valence-corrected chi connectivity index (χ1v) is 9.61. The van der Waals surface area contributed by atoms with Crippen molar-refractivity contribution in [3.8, 4) is 5.75 Å². The van der Waals surface area contributed by atoms with Crippen molar-refractivity contribution in [2.24, 2.45) is 4.99 Å². The zero-order chi connectivity index (χ0) is 18.6. The minimum atomic E-state index is 0. The van der Waals surface area contributed by atoms with Crippen LogP contribution in [0.2, 0.25) is 5.02 Å². The molecule has 8 heteroatoms. The summed E-state index contributed by atoms with van der Waals surface area (Å²) in [7, 11) is 1.76. The molecule has 1 aliphatic heterocycles. The minimum absolute atomic E-state index is 0. The Hall–Kier alpha value is -0.770. The number of ether oxygens (including phenoxy) is 3. The van der Waals surface area contributed by atoms with Crippen molar-refractivity contribution in [2.75, 3.05) is 40.0 Å². The Labute approximate surface area is 184 Å². The average molecular weight is 512 g/mol. The Morgan fingerprint density at radius 1 is 1.26 bits per heavy atom. The van der Waals surface area contributed by atoms with Gasteiger partial charge in [0.2, 0.25) is 0 Å². The Balaban J connectivity index is 0.00000364. The van der Waals surface area contributed by atoms with Crippen LogP contribution >= 0.6 is 35.6 Å². The van der Waals surface area contributed by atoms with Gasteiger partial charge in [-0.2, -0.15) is 0 Å². The Morgan fingerprint density at radius 2 is 1.96 bits per heavy atom. The molecule has 6 nitrogen and oxygen atoms in total. The molecule has 0 radical (unpaired) electrons. The summed E-state index contributed by atoms with van der Waals surface area (Å²) in [5, 5.41) is 7.27. The number of aliphatic imine (C=N–C) groups is 1. The molecule has 2 rings (SSSR count). The molecule has 0 spiro atoms. The maximum absolute atomic E-state index is 5.88. The first-order valence-electron chi connectivity index (χ1n) is 9.23. The van der Waals surface area contributed by atoms with E-state index in [0.29, 0.717) is 17.7 Å². The fraction of sp³-hybridized carbons (Fsp3) is 0.632. The van der Waals surface area contributed by atoms with Gasteiger partial charge in [-0.25, -0.2) is 0 Å². The van der Waals surface area contributed by atoms with Gasteiger partial charge in [-0.05, 0) is 50.5 Å². The molecule has 0 saturated carbocycles. The predicted molar refractivity (Wildman–Crippen MR) is 121 cm³/mol. The van der Waals surface area contributed by atoms with E-state index < -0.39 is 0 Å². The van der Waals surface area contributed by atoms with Crippen molar-refractivity contribution in [1.82, 2.24) is 10.6 Å². The van der Waals surface area contributed by atoms with E-state index in [1.165, 1.54) is 0 Å². The van der Waals surface area contributed by atoms with Crippen LogP contribution in [0.4, 0.5) is 0 Å². The Kier molecular flexibility index (Phi) is 12.8. The molecule has 154 valence electrons. The molecule has 1 aliphatic rings. The average Bonchev–Trinajstić information content (AvgIpc) is 2.66. The van der Waals surface area contributed by atoms with Crippen molar-refractivity contribution >= 4 is 41.5 Å². The molecule has 0 bridgehead atoms. The van der Waals surface area contributed by atoms with Crippen LogP contribution in [0.5, 0.6) is 5.75 Å². The molecule has 0 aromatic heterocycles. The lowest BCUT2D eigenvalue weighted by Crippen LogP contribution is -2.42. The summed E-state index contributed by atoms with van der Waals surface area (Å²) in [6, 6.07) is 7.37. The molecule has 1 heterocycles. The van der Waals surface area contributed by atoms with Gasteiger partial charge < -0.3 is 24.8 Å². The summed E-state index contributed by atoms with van der Waals surface area (Å²) in [6.07, 6.45) is 3.30. The van der Waals surface area contributed by atoms with E-state index in [2.05, 4.69) is 15.6 Å². The quantitative estimate of drug-likeness (QED) is 0.230. The highest BCUT2D eigenvalue weighted by Crippen LogP contribution is 2.16. The van der Waals surface area contributed by atoms with Crippen LogP contribution in [-0.4, -0.2) is 58.1 Å². The Bertz CT molecular complexity index is 540. The van der Waals surface area contributed by atoms with Gasteiger partial charge in [0.25, 0.3) is 0 Å². The zero-order valence-electron chi connectivity index (χ0n) is 16.1. The highest BCUT2D eigenvalue weighted by atomic mass is 127. The molecule has 1 aromatic rings. The first kappa shape index (κ1) is 24.3. The SMILES string of the molecule is CN=C(NCCCOC1CCOCC1)NCC(C)Oc1ccc(Cl)cc1.I. The summed E-state index contributed by atoms with van der Waals surface area (Å²) in [5.74, 6) is 1.57.